The topological polar surface area (TPSA) is 77.5 Å². The molecule has 0 aliphatic heterocycles. The summed E-state index contributed by atoms with van der Waals surface area (Å²) in [5.74, 6) is -0.125. The van der Waals surface area contributed by atoms with E-state index in [2.05, 4.69) is 10.3 Å². The van der Waals surface area contributed by atoms with Crippen LogP contribution in [0.15, 0.2) is 35.2 Å². The highest BCUT2D eigenvalue weighted by molar-refractivity contribution is 7.07. The number of hydrogen-bond acceptors (Lipinski definition) is 6. The van der Waals surface area contributed by atoms with Gasteiger partial charge in [-0.25, -0.2) is 9.78 Å². The largest absolute Gasteiger partial charge is 0.487 e. The number of rotatable bonds is 7. The number of nitrogens with zero attached hydrogens (tertiary/aromatic N) is 1. The van der Waals surface area contributed by atoms with Crippen LogP contribution < -0.4 is 10.1 Å². The fraction of sp³-hybridized carbons (Fsp3) is 0.421. The third kappa shape index (κ3) is 5.05. The quantitative estimate of drug-likeness (QED) is 0.752. The maximum absolute atomic E-state index is 12.2. The van der Waals surface area contributed by atoms with Crippen molar-refractivity contribution in [1.82, 2.24) is 10.3 Å². The van der Waals surface area contributed by atoms with Crippen LogP contribution in [0.1, 0.15) is 48.7 Å². The van der Waals surface area contributed by atoms with E-state index in [4.69, 9.17) is 9.47 Å². The van der Waals surface area contributed by atoms with Crippen LogP contribution in [0.3, 0.4) is 0 Å². The number of carbonyl (C=O) groups is 2. The summed E-state index contributed by atoms with van der Waals surface area (Å²) in [7, 11) is 0. The predicted molar refractivity (Wildman–Crippen MR) is 98.2 cm³/mol. The number of hydrogen-bond donors (Lipinski definition) is 1. The first-order chi connectivity index (χ1) is 12.6. The van der Waals surface area contributed by atoms with Gasteiger partial charge in [0.1, 0.15) is 12.4 Å². The van der Waals surface area contributed by atoms with Crippen LogP contribution in [0, 0.1) is 0 Å². The first kappa shape index (κ1) is 18.4. The van der Waals surface area contributed by atoms with Crippen LogP contribution in [0.5, 0.6) is 5.75 Å². The fourth-order valence-electron chi connectivity index (χ4n) is 2.82. The van der Waals surface area contributed by atoms with Gasteiger partial charge in [-0.3, -0.25) is 4.79 Å². The minimum absolute atomic E-state index is 0.206. The van der Waals surface area contributed by atoms with Gasteiger partial charge >= 0.3 is 5.97 Å². The molecular weight excluding hydrogens is 352 g/mol. The molecule has 1 heterocycles. The zero-order valence-corrected chi connectivity index (χ0v) is 15.5. The Morgan fingerprint density at radius 2 is 2.00 bits per heavy atom. The average Bonchev–Trinajstić information content (AvgIpc) is 3.34. The first-order valence-electron chi connectivity index (χ1n) is 8.73. The third-order valence-electron chi connectivity index (χ3n) is 4.31. The molecule has 0 radical (unpaired) electrons. The van der Waals surface area contributed by atoms with Gasteiger partial charge in [0, 0.05) is 11.4 Å². The van der Waals surface area contributed by atoms with E-state index < -0.39 is 12.1 Å². The number of benzene rings is 1. The van der Waals surface area contributed by atoms with Crippen LogP contribution in [0.25, 0.3) is 0 Å². The molecule has 1 amide bonds. The molecule has 7 heteroatoms. The molecule has 0 bridgehead atoms. The van der Waals surface area contributed by atoms with Gasteiger partial charge in [-0.15, -0.1) is 11.3 Å². The van der Waals surface area contributed by atoms with E-state index in [-0.39, 0.29) is 11.9 Å². The summed E-state index contributed by atoms with van der Waals surface area (Å²) < 4.78 is 10.9. The van der Waals surface area contributed by atoms with Crippen molar-refractivity contribution in [2.24, 2.45) is 0 Å². The second-order valence-corrected chi connectivity index (χ2v) is 7.05. The van der Waals surface area contributed by atoms with E-state index in [1.165, 1.54) is 11.3 Å². The molecule has 6 nitrogen and oxygen atoms in total. The molecule has 0 spiro atoms. The molecule has 138 valence electrons. The van der Waals surface area contributed by atoms with Gasteiger partial charge in [-0.2, -0.15) is 0 Å². The van der Waals surface area contributed by atoms with E-state index in [1.54, 1.807) is 36.7 Å². The summed E-state index contributed by atoms with van der Waals surface area (Å²) in [6.07, 6.45) is 3.44. The van der Waals surface area contributed by atoms with Crippen molar-refractivity contribution in [3.05, 3.63) is 46.4 Å². The standard InChI is InChI=1S/C19H22N2O4S/c1-13(18(22)21-15-4-2-3-5-15)25-19(23)14-6-8-17(9-7-14)24-10-16-11-26-12-20-16/h6-9,11-13,15H,2-5,10H2,1H3,(H,21,22)/t13-/m0/s1. The highest BCUT2D eigenvalue weighted by Crippen LogP contribution is 2.18. The maximum Gasteiger partial charge on any atom is 0.338 e. The highest BCUT2D eigenvalue weighted by Gasteiger charge is 2.23. The van der Waals surface area contributed by atoms with Gasteiger partial charge in [0.25, 0.3) is 5.91 Å². The number of ether oxygens (including phenoxy) is 2. The van der Waals surface area contributed by atoms with Gasteiger partial charge in [-0.05, 0) is 44.0 Å². The summed E-state index contributed by atoms with van der Waals surface area (Å²) in [6.45, 7) is 1.97. The van der Waals surface area contributed by atoms with Crippen molar-refractivity contribution < 1.29 is 19.1 Å². The fourth-order valence-corrected chi connectivity index (χ4v) is 3.37. The smallest absolute Gasteiger partial charge is 0.338 e. The molecule has 0 unspecified atom stereocenters. The zero-order valence-electron chi connectivity index (χ0n) is 14.6. The number of carbonyl (C=O) groups excluding carboxylic acids is 2. The van der Waals surface area contributed by atoms with Crippen LogP contribution in [0.4, 0.5) is 0 Å². The first-order valence-corrected chi connectivity index (χ1v) is 9.67. The maximum atomic E-state index is 12.2. The highest BCUT2D eigenvalue weighted by atomic mass is 32.1. The molecule has 1 atom stereocenters. The lowest BCUT2D eigenvalue weighted by Crippen LogP contribution is -2.40. The van der Waals surface area contributed by atoms with Crippen molar-refractivity contribution in [2.75, 3.05) is 0 Å². The number of nitrogens with one attached hydrogen (secondary N) is 1. The lowest BCUT2D eigenvalue weighted by molar-refractivity contribution is -0.129. The van der Waals surface area contributed by atoms with Gasteiger partial charge in [0.05, 0.1) is 16.8 Å². The van der Waals surface area contributed by atoms with Crippen molar-refractivity contribution in [3.63, 3.8) is 0 Å². The van der Waals surface area contributed by atoms with E-state index >= 15 is 0 Å². The molecule has 1 aromatic heterocycles. The molecular formula is C19H22N2O4S. The van der Waals surface area contributed by atoms with Crippen molar-refractivity contribution in [1.29, 1.82) is 0 Å². The molecule has 3 rings (SSSR count). The molecule has 1 N–H and O–H groups in total. The molecule has 2 aromatic rings. The third-order valence-corrected chi connectivity index (χ3v) is 4.95. The Morgan fingerprint density at radius 1 is 1.27 bits per heavy atom. The Balaban J connectivity index is 1.48. The average molecular weight is 374 g/mol. The lowest BCUT2D eigenvalue weighted by Gasteiger charge is -2.17. The lowest BCUT2D eigenvalue weighted by atomic mass is 10.2. The SMILES string of the molecule is C[C@H](OC(=O)c1ccc(OCc2cscn2)cc1)C(=O)NC1CCCC1. The molecule has 1 aliphatic rings. The summed E-state index contributed by atoms with van der Waals surface area (Å²) in [5.41, 5.74) is 2.99. The minimum atomic E-state index is -0.816. The number of esters is 1. The molecule has 0 saturated heterocycles. The second kappa shape index (κ2) is 8.80. The van der Waals surface area contributed by atoms with E-state index in [1.807, 2.05) is 5.38 Å². The normalized spacial score (nSPS) is 15.4. The van der Waals surface area contributed by atoms with E-state index in [0.29, 0.717) is 17.9 Å². The Kier molecular flexibility index (Phi) is 6.22. The molecule has 1 aliphatic carbocycles. The zero-order chi connectivity index (χ0) is 18.4. The number of amides is 1. The summed E-state index contributed by atoms with van der Waals surface area (Å²) >= 11 is 1.51. The number of aromatic nitrogens is 1. The Bertz CT molecular complexity index is 725. The predicted octanol–water partition coefficient (Wildman–Crippen LogP) is 3.33. The molecule has 1 aromatic carbocycles. The van der Waals surface area contributed by atoms with E-state index in [0.717, 1.165) is 31.4 Å². The van der Waals surface area contributed by atoms with Gasteiger partial charge in [0.2, 0.25) is 0 Å². The minimum Gasteiger partial charge on any atom is -0.487 e. The van der Waals surface area contributed by atoms with Crippen LogP contribution in [-0.4, -0.2) is 29.0 Å². The molecule has 1 saturated carbocycles. The van der Waals surface area contributed by atoms with Gasteiger partial charge in [-0.1, -0.05) is 12.8 Å². The second-order valence-electron chi connectivity index (χ2n) is 6.33. The van der Waals surface area contributed by atoms with E-state index in [9.17, 15) is 9.59 Å². The summed E-state index contributed by atoms with van der Waals surface area (Å²) in [4.78, 5) is 28.4. The number of thiazole rings is 1. The van der Waals surface area contributed by atoms with Crippen molar-refractivity contribution >= 4 is 23.2 Å². The molecule has 26 heavy (non-hydrogen) atoms. The Morgan fingerprint density at radius 3 is 2.65 bits per heavy atom. The Labute approximate surface area is 156 Å². The monoisotopic (exact) mass is 374 g/mol. The van der Waals surface area contributed by atoms with Crippen LogP contribution >= 0.6 is 11.3 Å². The summed E-state index contributed by atoms with van der Waals surface area (Å²) in [5, 5.41) is 4.85. The Hall–Kier alpha value is -2.41. The van der Waals surface area contributed by atoms with Crippen molar-refractivity contribution in [3.8, 4) is 5.75 Å². The van der Waals surface area contributed by atoms with Crippen molar-refractivity contribution in [2.45, 2.75) is 51.4 Å². The molecule has 1 fully saturated rings. The summed E-state index contributed by atoms with van der Waals surface area (Å²) in [6, 6.07) is 6.86. The van der Waals surface area contributed by atoms with Crippen LogP contribution in [0.2, 0.25) is 0 Å². The van der Waals surface area contributed by atoms with Crippen LogP contribution in [-0.2, 0) is 16.1 Å². The van der Waals surface area contributed by atoms with Gasteiger partial charge in [0.15, 0.2) is 6.10 Å². The van der Waals surface area contributed by atoms with Gasteiger partial charge < -0.3 is 14.8 Å².